The van der Waals surface area contributed by atoms with Gasteiger partial charge in [0.2, 0.25) is 0 Å². The summed E-state index contributed by atoms with van der Waals surface area (Å²) in [7, 11) is 0. The van der Waals surface area contributed by atoms with E-state index in [0.29, 0.717) is 50.1 Å². The van der Waals surface area contributed by atoms with Gasteiger partial charge in [-0.1, -0.05) is 12.1 Å². The number of rotatable bonds is 10. The predicted octanol–water partition coefficient (Wildman–Crippen LogP) is 4.66. The lowest BCUT2D eigenvalue weighted by Crippen LogP contribution is -2.51. The third-order valence-corrected chi connectivity index (χ3v) is 8.99. The molecule has 0 spiro atoms. The molecule has 1 aromatic heterocycles. The highest BCUT2D eigenvalue weighted by atomic mass is 32.2. The zero-order valence-corrected chi connectivity index (χ0v) is 29.9. The second-order valence-electron chi connectivity index (χ2n) is 12.9. The summed E-state index contributed by atoms with van der Waals surface area (Å²) in [5.74, 6) is -0.244. The Morgan fingerprint density at radius 1 is 1.04 bits per heavy atom. The number of benzene rings is 1. The van der Waals surface area contributed by atoms with Gasteiger partial charge in [-0.3, -0.25) is 14.6 Å². The maximum atomic E-state index is 13.9. The lowest BCUT2D eigenvalue weighted by atomic mass is 9.88. The van der Waals surface area contributed by atoms with Crippen LogP contribution in [0.2, 0.25) is 0 Å². The van der Waals surface area contributed by atoms with E-state index in [9.17, 15) is 19.2 Å². The van der Waals surface area contributed by atoms with Gasteiger partial charge in [0.25, 0.3) is 0 Å². The molecule has 0 bridgehead atoms. The Hall–Kier alpha value is -3.82. The number of nitrogens with one attached hydrogen (secondary N) is 1. The van der Waals surface area contributed by atoms with Crippen LogP contribution >= 0.6 is 11.8 Å². The molecule has 0 unspecified atom stereocenters. The van der Waals surface area contributed by atoms with Gasteiger partial charge in [-0.15, -0.1) is 16.8 Å². The van der Waals surface area contributed by atoms with Crippen molar-refractivity contribution in [2.24, 2.45) is 5.92 Å². The molecule has 2 aliphatic heterocycles. The average molecular weight is 704 g/mol. The molecular weight excluding hydrogens is 659 g/mol. The fourth-order valence-corrected chi connectivity index (χ4v) is 6.46. The van der Waals surface area contributed by atoms with Gasteiger partial charge in [0.05, 0.1) is 24.6 Å². The lowest BCUT2D eigenvalue weighted by molar-refractivity contribution is -0.162. The number of urea groups is 1. The minimum atomic E-state index is -0.718. The summed E-state index contributed by atoms with van der Waals surface area (Å²) >= 11 is 4.45. The Bertz CT molecular complexity index is 1380. The average Bonchev–Trinajstić information content (AvgIpc) is 3.35. The van der Waals surface area contributed by atoms with E-state index in [-0.39, 0.29) is 30.7 Å². The van der Waals surface area contributed by atoms with E-state index in [1.807, 2.05) is 26.0 Å². The molecule has 0 saturated carbocycles. The first-order valence-electron chi connectivity index (χ1n) is 15.7. The molecule has 2 aromatic rings. The first-order valence-corrected chi connectivity index (χ1v) is 17.0. The number of carbonyl (C=O) groups excluding carboxylic acids is 4. The smallest absolute Gasteiger partial charge is 0.409 e. The van der Waals surface area contributed by atoms with Gasteiger partial charge in [-0.05, 0) is 77.8 Å². The maximum absolute atomic E-state index is 13.9. The molecular formula is C33H45N5O8S2. The number of hydroxylamine groups is 2. The van der Waals surface area contributed by atoms with Crippen molar-refractivity contribution in [3.63, 3.8) is 0 Å². The van der Waals surface area contributed by atoms with E-state index in [0.717, 1.165) is 5.56 Å². The first kappa shape index (κ1) is 38.6. The summed E-state index contributed by atoms with van der Waals surface area (Å²) in [5.41, 5.74) is 0.708. The molecule has 3 heterocycles. The fourth-order valence-electron chi connectivity index (χ4n) is 5.39. The molecule has 0 radical (unpaired) electrons. The van der Waals surface area contributed by atoms with Gasteiger partial charge in [0, 0.05) is 49.2 Å². The van der Waals surface area contributed by atoms with Gasteiger partial charge in [-0.25, -0.2) is 9.59 Å². The number of carbonyl (C=O) groups is 4. The monoisotopic (exact) mass is 703 g/mol. The maximum Gasteiger partial charge on any atom is 0.409 e. The van der Waals surface area contributed by atoms with Crippen LogP contribution in [0.15, 0.2) is 48.8 Å². The summed E-state index contributed by atoms with van der Waals surface area (Å²) in [5, 5.41) is 4.57. The molecule has 13 nitrogen and oxygen atoms in total. The zero-order chi connectivity index (χ0) is 35.5. The Labute approximate surface area is 291 Å². The highest BCUT2D eigenvalue weighted by Crippen LogP contribution is 2.41. The quantitative estimate of drug-likeness (QED) is 0.343. The van der Waals surface area contributed by atoms with Gasteiger partial charge in [-0.2, -0.15) is 4.21 Å². The van der Waals surface area contributed by atoms with E-state index >= 15 is 0 Å². The van der Waals surface area contributed by atoms with E-state index in [2.05, 4.69) is 22.8 Å². The predicted molar refractivity (Wildman–Crippen MR) is 183 cm³/mol. The lowest BCUT2D eigenvalue weighted by Gasteiger charge is -2.34. The van der Waals surface area contributed by atoms with Crippen LogP contribution in [0.1, 0.15) is 53.5 Å². The van der Waals surface area contributed by atoms with Crippen LogP contribution in [0, 0.1) is 5.92 Å². The number of aromatic nitrogens is 1. The largest absolute Gasteiger partial charge is 0.460 e. The van der Waals surface area contributed by atoms with Crippen molar-refractivity contribution in [2.45, 2.75) is 70.8 Å². The third kappa shape index (κ3) is 11.1. The normalized spacial score (nSPS) is 18.2. The van der Waals surface area contributed by atoms with E-state index in [4.69, 9.17) is 18.5 Å². The van der Waals surface area contributed by atoms with Gasteiger partial charge in [0.15, 0.2) is 24.1 Å². The van der Waals surface area contributed by atoms with Crippen molar-refractivity contribution in [1.82, 2.24) is 19.8 Å². The topological polar surface area (TPSA) is 148 Å². The molecule has 2 aliphatic rings. The van der Waals surface area contributed by atoms with Crippen molar-refractivity contribution in [3.05, 3.63) is 54.4 Å². The summed E-state index contributed by atoms with van der Waals surface area (Å²) < 4.78 is 18.2. The minimum Gasteiger partial charge on any atom is -0.460 e. The standard InChI is InChI=1S/C33H45N5O7S.OS/c1-7-43-31(42)37-17-15-36(16-18-37)30(41)35-25-12-10-23(11-13-25)19-24(29(40)44-32(2,3)4)20-27(39)28-33(5,6)46-22-38(28)45-26-9-8-14-34-21-26;1-2/h8-14,21,24,28H,7,15-20,22H2,1-6H3,(H,35,41);/t24-,28-;/m1./s1. The van der Waals surface area contributed by atoms with E-state index in [1.165, 1.54) is 0 Å². The number of pyridine rings is 1. The van der Waals surface area contributed by atoms with Crippen molar-refractivity contribution in [2.75, 3.05) is 44.0 Å². The molecule has 3 amide bonds. The highest BCUT2D eigenvalue weighted by Gasteiger charge is 2.48. The van der Waals surface area contributed by atoms with Crippen molar-refractivity contribution >= 4 is 53.9 Å². The zero-order valence-electron chi connectivity index (χ0n) is 28.3. The van der Waals surface area contributed by atoms with Crippen LogP contribution in [0.25, 0.3) is 0 Å². The fraction of sp³-hybridized carbons (Fsp3) is 0.545. The number of hydrogen-bond donors (Lipinski definition) is 1. The van der Waals surface area contributed by atoms with E-state index in [1.54, 1.807) is 91.0 Å². The molecule has 0 aliphatic carbocycles. The third-order valence-electron chi connectivity index (χ3n) is 7.64. The van der Waals surface area contributed by atoms with Crippen molar-refractivity contribution < 1.29 is 37.7 Å². The van der Waals surface area contributed by atoms with Crippen LogP contribution in [-0.2, 0) is 38.0 Å². The van der Waals surface area contributed by atoms with Crippen LogP contribution in [0.3, 0.4) is 0 Å². The van der Waals surface area contributed by atoms with Crippen molar-refractivity contribution in [3.8, 4) is 5.75 Å². The minimum absolute atomic E-state index is 0.0211. The summed E-state index contributed by atoms with van der Waals surface area (Å²) in [6.07, 6.45) is 3.15. The van der Waals surface area contributed by atoms with Gasteiger partial charge >= 0.3 is 18.1 Å². The first-order chi connectivity index (χ1) is 22.8. The molecule has 2 saturated heterocycles. The second kappa shape index (κ2) is 17.5. The van der Waals surface area contributed by atoms with Crippen molar-refractivity contribution in [1.29, 1.82) is 0 Å². The Balaban J connectivity index is 0.00000307. The summed E-state index contributed by atoms with van der Waals surface area (Å²) in [6, 6.07) is 9.93. The number of anilines is 1. The molecule has 48 heavy (non-hydrogen) atoms. The number of Topliss-reactive ketones (excluding diaryl/α,β-unsaturated/α-hetero) is 1. The Kier molecular flexibility index (Phi) is 14.1. The van der Waals surface area contributed by atoms with Gasteiger partial charge in [0.1, 0.15) is 11.6 Å². The molecule has 2 fully saturated rings. The number of piperazine rings is 1. The summed E-state index contributed by atoms with van der Waals surface area (Å²) in [6.45, 7) is 13.1. The number of esters is 1. The Morgan fingerprint density at radius 3 is 2.27 bits per heavy atom. The van der Waals surface area contributed by atoms with Gasteiger partial charge < -0.3 is 29.4 Å². The van der Waals surface area contributed by atoms with Crippen LogP contribution in [0.4, 0.5) is 15.3 Å². The molecule has 1 aromatic carbocycles. The van der Waals surface area contributed by atoms with Crippen LogP contribution < -0.4 is 10.2 Å². The van der Waals surface area contributed by atoms with E-state index < -0.39 is 28.3 Å². The molecule has 2 atom stereocenters. The number of amides is 3. The van der Waals surface area contributed by atoms with Crippen LogP contribution in [0.5, 0.6) is 5.75 Å². The summed E-state index contributed by atoms with van der Waals surface area (Å²) in [4.78, 5) is 65.5. The number of hydrogen-bond acceptors (Lipinski definition) is 12. The number of ether oxygens (including phenoxy) is 2. The highest BCUT2D eigenvalue weighted by molar-refractivity contribution is 8.00. The molecule has 15 heteroatoms. The number of ketones is 1. The molecule has 4 rings (SSSR count). The molecule has 262 valence electrons. The number of nitrogens with zero attached hydrogens (tertiary/aromatic N) is 4. The molecule has 1 N–H and O–H groups in total. The van der Waals surface area contributed by atoms with Crippen LogP contribution in [-0.4, -0.2) is 103 Å². The number of thioether (sulfide) groups is 1. The second-order valence-corrected chi connectivity index (χ2v) is 14.5. The SMILES string of the molecule is CCOC(=O)N1CCN(C(=O)Nc2ccc(C[C@H](CC(=O)[C@H]3N(Oc4cccnc4)CSC3(C)C)C(=O)OC(C)(C)C)cc2)CC1.O=S. The Morgan fingerprint density at radius 2 is 1.69 bits per heavy atom.